The topological polar surface area (TPSA) is 275 Å². The Balaban J connectivity index is 1.28. The van der Waals surface area contributed by atoms with E-state index in [0.717, 1.165) is 0 Å². The summed E-state index contributed by atoms with van der Waals surface area (Å²) in [4.78, 5) is 13.2. The van der Waals surface area contributed by atoms with E-state index in [0.29, 0.717) is 24.8 Å². The number of esters is 1. The van der Waals surface area contributed by atoms with Crippen molar-refractivity contribution in [2.24, 2.45) is 17.3 Å². The van der Waals surface area contributed by atoms with Crippen LogP contribution in [-0.2, 0) is 33.2 Å². The Morgan fingerprint density at radius 1 is 0.830 bits per heavy atom. The van der Waals surface area contributed by atoms with Crippen molar-refractivity contribution in [2.45, 2.75) is 151 Å². The predicted molar refractivity (Wildman–Crippen MR) is 180 cm³/mol. The molecule has 1 unspecified atom stereocenters. The molecule has 2 saturated heterocycles. The highest BCUT2D eigenvalue weighted by molar-refractivity contribution is 5.83. The quantitative estimate of drug-likeness (QED) is 0.0655. The zero-order valence-corrected chi connectivity index (χ0v) is 30.5. The van der Waals surface area contributed by atoms with E-state index in [1.165, 1.54) is 31.4 Å². The van der Waals surface area contributed by atoms with Gasteiger partial charge in [-0.15, -0.1) is 0 Å². The monoisotopic (exact) mass is 760 g/mol. The molecule has 17 heteroatoms. The highest BCUT2D eigenvalue weighted by atomic mass is 16.8. The van der Waals surface area contributed by atoms with E-state index in [-0.39, 0.29) is 6.42 Å². The van der Waals surface area contributed by atoms with Gasteiger partial charge in [-0.05, 0) is 63.2 Å². The molecule has 0 amide bonds. The molecule has 4 fully saturated rings. The second kappa shape index (κ2) is 15.8. The molecule has 2 aliphatic carbocycles. The van der Waals surface area contributed by atoms with Crippen LogP contribution >= 0.6 is 0 Å². The highest BCUT2D eigenvalue weighted by Crippen LogP contribution is 2.53. The Hall–Kier alpha value is -2.07. The van der Waals surface area contributed by atoms with Crippen LogP contribution in [0.1, 0.15) is 60.3 Å². The van der Waals surface area contributed by atoms with Gasteiger partial charge in [0.05, 0.1) is 31.0 Å². The molecule has 5 rings (SSSR count). The van der Waals surface area contributed by atoms with Crippen LogP contribution in [0.4, 0.5) is 0 Å². The maximum atomic E-state index is 13.2. The normalized spacial score (nSPS) is 48.7. The van der Waals surface area contributed by atoms with Gasteiger partial charge in [-0.1, -0.05) is 19.9 Å². The number of aliphatic hydroxyl groups is 10. The molecule has 0 aromatic carbocycles. The first-order chi connectivity index (χ1) is 24.7. The zero-order valence-electron chi connectivity index (χ0n) is 30.5. The number of hydrogen-bond acceptors (Lipinski definition) is 17. The number of allylic oxidation sites excluding steroid dienone is 2. The Kier molecular flexibility index (Phi) is 12.6. The first-order valence-corrected chi connectivity index (χ1v) is 18.0. The number of hydrogen-bond donors (Lipinski definition) is 10. The van der Waals surface area contributed by atoms with Gasteiger partial charge >= 0.3 is 5.97 Å². The van der Waals surface area contributed by atoms with E-state index in [9.17, 15) is 55.9 Å². The van der Waals surface area contributed by atoms with Crippen LogP contribution in [0.2, 0.25) is 0 Å². The second-order valence-corrected chi connectivity index (χ2v) is 16.1. The van der Waals surface area contributed by atoms with E-state index in [4.69, 9.17) is 28.4 Å². The van der Waals surface area contributed by atoms with Gasteiger partial charge in [0.1, 0.15) is 66.1 Å². The van der Waals surface area contributed by atoms with Crippen molar-refractivity contribution >= 4 is 5.97 Å². The van der Waals surface area contributed by atoms with Crippen LogP contribution in [0.25, 0.3) is 0 Å². The third kappa shape index (κ3) is 7.97. The van der Waals surface area contributed by atoms with Crippen molar-refractivity contribution in [3.05, 3.63) is 36.1 Å². The minimum atomic E-state index is -1.71. The smallest absolute Gasteiger partial charge is 0.331 e. The SMILES string of the molecule is CC(/C=C/[C@@]1(O)C(C)(C)CCC[C@]1(C)OC1O[C@H](CO)[C@@H](O)[C@H](O)[C@H]1O)=C\C(=O)O[C@@H]1C[C@](C)(O)[C@H]2[C@H](O[C@@H]3O[C@H](CO)[C@@H](O)[C@H](O)[C@H]3O)OC=C[C@H]21. The standard InChI is InChI=1S/C36H56O17/c1-17(7-11-36(47)33(2,3)9-6-10-35(36,5)53-32-29(45)27(43)25(41)21(16-38)51-32)13-22(39)49-19-14-34(4,46)23-18(19)8-12-48-30(23)52-31-28(44)26(42)24(40)20(15-37)50-31/h7-8,11-13,18-21,23-32,37-38,40-47H,6,9-10,14-16H2,1-5H3/b11-7+,17-13+/t18-,19+,20+,21+,23+,24+,25+,26-,27-,28+,29+,30-,31-,32?,34-,35-,36+/m0/s1. The number of rotatable bonds is 10. The summed E-state index contributed by atoms with van der Waals surface area (Å²) in [5.41, 5.74) is -5.00. The molecule has 0 spiro atoms. The van der Waals surface area contributed by atoms with Gasteiger partial charge in [0.2, 0.25) is 6.29 Å². The lowest BCUT2D eigenvalue weighted by Gasteiger charge is -2.57. The third-order valence-corrected chi connectivity index (χ3v) is 11.8. The average Bonchev–Trinajstić information content (AvgIpc) is 3.36. The van der Waals surface area contributed by atoms with Crippen molar-refractivity contribution in [1.29, 1.82) is 0 Å². The summed E-state index contributed by atoms with van der Waals surface area (Å²) < 4.78 is 34.5. The molecule has 5 aliphatic rings. The largest absolute Gasteiger partial charge is 0.472 e. The van der Waals surface area contributed by atoms with Crippen molar-refractivity contribution < 1.29 is 84.3 Å². The summed E-state index contributed by atoms with van der Waals surface area (Å²) in [7, 11) is 0. The highest BCUT2D eigenvalue weighted by Gasteiger charge is 2.61. The van der Waals surface area contributed by atoms with E-state index in [1.807, 2.05) is 13.8 Å². The first kappa shape index (κ1) is 42.1. The second-order valence-electron chi connectivity index (χ2n) is 16.1. The van der Waals surface area contributed by atoms with Crippen LogP contribution in [-0.4, -0.2) is 161 Å². The van der Waals surface area contributed by atoms with E-state index >= 15 is 0 Å². The molecule has 53 heavy (non-hydrogen) atoms. The van der Waals surface area contributed by atoms with E-state index < -0.39 is 127 Å². The molecule has 0 aromatic rings. The predicted octanol–water partition coefficient (Wildman–Crippen LogP) is -2.01. The van der Waals surface area contributed by atoms with Gasteiger partial charge in [-0.2, -0.15) is 0 Å². The lowest BCUT2D eigenvalue weighted by Crippen LogP contribution is -2.67. The van der Waals surface area contributed by atoms with E-state index in [2.05, 4.69) is 0 Å². The van der Waals surface area contributed by atoms with Crippen molar-refractivity contribution in [1.82, 2.24) is 0 Å². The molecular formula is C36H56O17. The first-order valence-electron chi connectivity index (χ1n) is 18.0. The molecule has 3 heterocycles. The number of ether oxygens (including phenoxy) is 6. The Bertz CT molecular complexity index is 1380. The molecule has 17 nitrogen and oxygen atoms in total. The maximum absolute atomic E-state index is 13.2. The Morgan fingerprint density at radius 3 is 2.02 bits per heavy atom. The van der Waals surface area contributed by atoms with Gasteiger partial charge in [0.25, 0.3) is 0 Å². The summed E-state index contributed by atoms with van der Waals surface area (Å²) in [6, 6.07) is 0. The van der Waals surface area contributed by atoms with Gasteiger partial charge in [-0.3, -0.25) is 0 Å². The third-order valence-electron chi connectivity index (χ3n) is 11.8. The fraction of sp³-hybridized carbons (Fsp3) is 0.806. The number of carbonyl (C=O) groups is 1. The molecule has 2 saturated carbocycles. The lowest BCUT2D eigenvalue weighted by molar-refractivity contribution is -0.352. The fourth-order valence-electron chi connectivity index (χ4n) is 8.50. The van der Waals surface area contributed by atoms with E-state index in [1.54, 1.807) is 19.9 Å². The summed E-state index contributed by atoms with van der Waals surface area (Å²) in [6.45, 7) is 7.17. The van der Waals surface area contributed by atoms with Gasteiger partial charge in [0, 0.05) is 18.4 Å². The van der Waals surface area contributed by atoms with Crippen LogP contribution in [0.15, 0.2) is 36.1 Å². The fourth-order valence-corrected chi connectivity index (χ4v) is 8.50. The van der Waals surface area contributed by atoms with Gasteiger partial charge in [-0.25, -0.2) is 4.79 Å². The summed E-state index contributed by atoms with van der Waals surface area (Å²) >= 11 is 0. The summed E-state index contributed by atoms with van der Waals surface area (Å²) in [5.74, 6) is -2.17. The van der Waals surface area contributed by atoms with Crippen LogP contribution in [0.3, 0.4) is 0 Å². The zero-order chi connectivity index (χ0) is 39.3. The molecule has 10 N–H and O–H groups in total. The molecule has 302 valence electrons. The molecule has 17 atom stereocenters. The number of fused-ring (bicyclic) bond motifs is 1. The molecule has 0 aromatic heterocycles. The van der Waals surface area contributed by atoms with Gasteiger partial charge in [0.15, 0.2) is 12.6 Å². The summed E-state index contributed by atoms with van der Waals surface area (Å²) in [5, 5.41) is 105. The lowest BCUT2D eigenvalue weighted by atomic mass is 9.58. The number of aliphatic hydroxyl groups excluding tert-OH is 8. The minimum absolute atomic E-state index is 0.0133. The van der Waals surface area contributed by atoms with Crippen molar-refractivity contribution in [3.8, 4) is 0 Å². The van der Waals surface area contributed by atoms with Crippen LogP contribution < -0.4 is 0 Å². The average molecular weight is 761 g/mol. The van der Waals surface area contributed by atoms with Crippen LogP contribution in [0.5, 0.6) is 0 Å². The molecule has 0 radical (unpaired) electrons. The Labute approximate surface area is 307 Å². The Morgan fingerprint density at radius 2 is 1.42 bits per heavy atom. The van der Waals surface area contributed by atoms with Crippen LogP contribution in [0, 0.1) is 17.3 Å². The molecule has 0 bridgehead atoms. The maximum Gasteiger partial charge on any atom is 0.331 e. The number of carbonyl (C=O) groups excluding carboxylic acids is 1. The molecular weight excluding hydrogens is 704 g/mol. The van der Waals surface area contributed by atoms with Crippen molar-refractivity contribution in [3.63, 3.8) is 0 Å². The molecule has 3 aliphatic heterocycles. The van der Waals surface area contributed by atoms with Gasteiger partial charge < -0.3 is 79.5 Å². The minimum Gasteiger partial charge on any atom is -0.472 e. The van der Waals surface area contributed by atoms with Crippen molar-refractivity contribution in [2.75, 3.05) is 13.2 Å². The summed E-state index contributed by atoms with van der Waals surface area (Å²) in [6.07, 6.45) is -8.66.